The predicted octanol–water partition coefficient (Wildman–Crippen LogP) is 2.44. The van der Waals surface area contributed by atoms with Crippen molar-refractivity contribution in [2.45, 2.75) is 38.8 Å². The number of nitrogens with one attached hydrogen (secondary N) is 1. The van der Waals surface area contributed by atoms with Crippen molar-refractivity contribution in [3.63, 3.8) is 0 Å². The van der Waals surface area contributed by atoms with E-state index in [2.05, 4.69) is 12.2 Å². The van der Waals surface area contributed by atoms with Crippen LogP contribution >= 0.6 is 0 Å². The van der Waals surface area contributed by atoms with Gasteiger partial charge in [-0.05, 0) is 44.7 Å². The van der Waals surface area contributed by atoms with E-state index in [1.165, 1.54) is 0 Å². The van der Waals surface area contributed by atoms with Gasteiger partial charge in [0, 0.05) is 31.4 Å². The van der Waals surface area contributed by atoms with Crippen LogP contribution in [-0.2, 0) is 4.74 Å². The van der Waals surface area contributed by atoms with Crippen molar-refractivity contribution < 1.29 is 14.6 Å². The third-order valence-electron chi connectivity index (χ3n) is 4.35. The molecule has 2 atom stereocenters. The van der Waals surface area contributed by atoms with E-state index < -0.39 is 6.10 Å². The standard InChI is InChI=1S/C17H27NO3/c1-12-4-5-17(20-3)15(10-12)16(19)11-18-13(2)14-6-8-21-9-7-14/h4-5,10,13-14,16,18-19H,6-9,11H2,1-3H3. The molecule has 2 N–H and O–H groups in total. The van der Waals surface area contributed by atoms with Gasteiger partial charge in [0.25, 0.3) is 0 Å². The summed E-state index contributed by atoms with van der Waals surface area (Å²) in [5.74, 6) is 1.37. The number of rotatable bonds is 6. The van der Waals surface area contributed by atoms with Crippen molar-refractivity contribution in [3.05, 3.63) is 29.3 Å². The number of aryl methyl sites for hydroxylation is 1. The van der Waals surface area contributed by atoms with Crippen LogP contribution in [0.15, 0.2) is 18.2 Å². The molecule has 1 fully saturated rings. The second-order valence-electron chi connectivity index (χ2n) is 5.91. The van der Waals surface area contributed by atoms with E-state index >= 15 is 0 Å². The Morgan fingerprint density at radius 3 is 2.76 bits per heavy atom. The van der Waals surface area contributed by atoms with E-state index in [0.29, 0.717) is 18.5 Å². The highest BCUT2D eigenvalue weighted by molar-refractivity contribution is 5.38. The first kappa shape index (κ1) is 16.3. The Bertz CT molecular complexity index is 444. The lowest BCUT2D eigenvalue weighted by Crippen LogP contribution is -2.38. The largest absolute Gasteiger partial charge is 0.496 e. The summed E-state index contributed by atoms with van der Waals surface area (Å²) < 4.78 is 10.7. The Morgan fingerprint density at radius 2 is 2.10 bits per heavy atom. The molecule has 1 saturated heterocycles. The molecular formula is C17H27NO3. The second kappa shape index (κ2) is 7.78. The molecule has 1 aromatic rings. The lowest BCUT2D eigenvalue weighted by molar-refractivity contribution is 0.0536. The molecule has 0 radical (unpaired) electrons. The topological polar surface area (TPSA) is 50.7 Å². The number of hydrogen-bond donors (Lipinski definition) is 2. The average Bonchev–Trinajstić information content (AvgIpc) is 2.53. The smallest absolute Gasteiger partial charge is 0.124 e. The Balaban J connectivity index is 1.91. The van der Waals surface area contributed by atoms with Gasteiger partial charge in [-0.3, -0.25) is 0 Å². The SMILES string of the molecule is COc1ccc(C)cc1C(O)CNC(C)C1CCOCC1. The molecule has 2 rings (SSSR count). The minimum Gasteiger partial charge on any atom is -0.496 e. The highest BCUT2D eigenvalue weighted by Gasteiger charge is 2.21. The van der Waals surface area contributed by atoms with Crippen LogP contribution in [0.3, 0.4) is 0 Å². The molecule has 4 nitrogen and oxygen atoms in total. The van der Waals surface area contributed by atoms with E-state index in [4.69, 9.17) is 9.47 Å². The lowest BCUT2D eigenvalue weighted by Gasteiger charge is -2.29. The van der Waals surface area contributed by atoms with Gasteiger partial charge in [-0.15, -0.1) is 0 Å². The summed E-state index contributed by atoms with van der Waals surface area (Å²) in [6.07, 6.45) is 1.64. The number of methoxy groups -OCH3 is 1. The summed E-state index contributed by atoms with van der Waals surface area (Å²) in [7, 11) is 1.64. The fourth-order valence-corrected chi connectivity index (χ4v) is 2.90. The van der Waals surface area contributed by atoms with Gasteiger partial charge in [-0.25, -0.2) is 0 Å². The molecule has 0 aromatic heterocycles. The predicted molar refractivity (Wildman–Crippen MR) is 83.7 cm³/mol. The molecule has 2 unspecified atom stereocenters. The fraction of sp³-hybridized carbons (Fsp3) is 0.647. The number of aliphatic hydroxyl groups is 1. The molecule has 0 spiro atoms. The van der Waals surface area contributed by atoms with Gasteiger partial charge in [0.1, 0.15) is 5.75 Å². The Morgan fingerprint density at radius 1 is 1.38 bits per heavy atom. The van der Waals surface area contributed by atoms with Crippen molar-refractivity contribution in [2.24, 2.45) is 5.92 Å². The maximum atomic E-state index is 10.4. The highest BCUT2D eigenvalue weighted by atomic mass is 16.5. The summed E-state index contributed by atoms with van der Waals surface area (Å²) in [6, 6.07) is 6.28. The molecule has 1 aliphatic heterocycles. The zero-order chi connectivity index (χ0) is 15.2. The van der Waals surface area contributed by atoms with E-state index in [0.717, 1.165) is 42.9 Å². The number of ether oxygens (including phenoxy) is 2. The van der Waals surface area contributed by atoms with Crippen LogP contribution in [0.1, 0.15) is 37.0 Å². The Labute approximate surface area is 127 Å². The normalized spacial score (nSPS) is 19.2. The summed E-state index contributed by atoms with van der Waals surface area (Å²) in [5.41, 5.74) is 1.98. The first-order valence-electron chi connectivity index (χ1n) is 7.75. The first-order valence-corrected chi connectivity index (χ1v) is 7.75. The first-order chi connectivity index (χ1) is 10.1. The molecular weight excluding hydrogens is 266 g/mol. The maximum absolute atomic E-state index is 10.4. The minimum absolute atomic E-state index is 0.388. The number of benzene rings is 1. The van der Waals surface area contributed by atoms with Crippen LogP contribution < -0.4 is 10.1 Å². The van der Waals surface area contributed by atoms with Crippen LogP contribution in [0.2, 0.25) is 0 Å². The van der Waals surface area contributed by atoms with Crippen molar-refractivity contribution in [2.75, 3.05) is 26.9 Å². The Kier molecular flexibility index (Phi) is 6.03. The molecule has 4 heteroatoms. The summed E-state index contributed by atoms with van der Waals surface area (Å²) in [5, 5.41) is 13.9. The fourth-order valence-electron chi connectivity index (χ4n) is 2.90. The maximum Gasteiger partial charge on any atom is 0.124 e. The van der Waals surface area contributed by atoms with Gasteiger partial charge < -0.3 is 19.9 Å². The van der Waals surface area contributed by atoms with E-state index in [1.54, 1.807) is 7.11 Å². The van der Waals surface area contributed by atoms with Gasteiger partial charge in [0.2, 0.25) is 0 Å². The zero-order valence-corrected chi connectivity index (χ0v) is 13.3. The van der Waals surface area contributed by atoms with Crippen LogP contribution in [0.25, 0.3) is 0 Å². The zero-order valence-electron chi connectivity index (χ0n) is 13.3. The van der Waals surface area contributed by atoms with Gasteiger partial charge >= 0.3 is 0 Å². The molecule has 1 aliphatic rings. The molecule has 1 aromatic carbocycles. The van der Waals surface area contributed by atoms with Gasteiger partial charge in [-0.1, -0.05) is 11.6 Å². The summed E-state index contributed by atoms with van der Waals surface area (Å²) >= 11 is 0. The van der Waals surface area contributed by atoms with Crippen LogP contribution in [-0.4, -0.2) is 38.0 Å². The van der Waals surface area contributed by atoms with Crippen LogP contribution in [0.4, 0.5) is 0 Å². The van der Waals surface area contributed by atoms with Crippen LogP contribution in [0.5, 0.6) is 5.75 Å². The van der Waals surface area contributed by atoms with Crippen molar-refractivity contribution in [3.8, 4) is 5.75 Å². The van der Waals surface area contributed by atoms with Crippen molar-refractivity contribution in [1.82, 2.24) is 5.32 Å². The quantitative estimate of drug-likeness (QED) is 0.846. The third-order valence-corrected chi connectivity index (χ3v) is 4.35. The molecule has 0 aliphatic carbocycles. The molecule has 0 amide bonds. The van der Waals surface area contributed by atoms with Crippen LogP contribution in [0, 0.1) is 12.8 Å². The van der Waals surface area contributed by atoms with E-state index in [1.807, 2.05) is 25.1 Å². The van der Waals surface area contributed by atoms with E-state index in [-0.39, 0.29) is 0 Å². The third kappa shape index (κ3) is 4.43. The molecule has 21 heavy (non-hydrogen) atoms. The van der Waals surface area contributed by atoms with Crippen molar-refractivity contribution in [1.29, 1.82) is 0 Å². The van der Waals surface area contributed by atoms with Gasteiger partial charge in [0.05, 0.1) is 13.2 Å². The van der Waals surface area contributed by atoms with Gasteiger partial charge in [-0.2, -0.15) is 0 Å². The average molecular weight is 293 g/mol. The second-order valence-corrected chi connectivity index (χ2v) is 5.91. The molecule has 118 valence electrons. The number of hydrogen-bond acceptors (Lipinski definition) is 4. The van der Waals surface area contributed by atoms with E-state index in [9.17, 15) is 5.11 Å². The lowest BCUT2D eigenvalue weighted by atomic mass is 9.92. The Hall–Kier alpha value is -1.10. The van der Waals surface area contributed by atoms with Gasteiger partial charge in [0.15, 0.2) is 0 Å². The highest BCUT2D eigenvalue weighted by Crippen LogP contribution is 2.26. The number of aliphatic hydroxyl groups excluding tert-OH is 1. The van der Waals surface area contributed by atoms with Crippen molar-refractivity contribution >= 4 is 0 Å². The summed E-state index contributed by atoms with van der Waals surface area (Å²) in [6.45, 7) is 6.46. The molecule has 0 saturated carbocycles. The molecule has 0 bridgehead atoms. The monoisotopic (exact) mass is 293 g/mol. The summed E-state index contributed by atoms with van der Waals surface area (Å²) in [4.78, 5) is 0. The minimum atomic E-state index is -0.554. The molecule has 1 heterocycles.